The maximum Gasteiger partial charge on any atom is 0.233 e. The summed E-state index contributed by atoms with van der Waals surface area (Å²) in [5.74, 6) is 1.35. The predicted molar refractivity (Wildman–Crippen MR) is 123 cm³/mol. The van der Waals surface area contributed by atoms with Crippen molar-refractivity contribution in [3.05, 3.63) is 16.3 Å². The number of hydrogen-bond acceptors (Lipinski definition) is 7. The lowest BCUT2D eigenvalue weighted by molar-refractivity contribution is -0.133. The molecule has 1 saturated heterocycles. The van der Waals surface area contributed by atoms with Gasteiger partial charge >= 0.3 is 0 Å². The van der Waals surface area contributed by atoms with Crippen LogP contribution >= 0.6 is 23.1 Å². The van der Waals surface area contributed by atoms with Gasteiger partial charge in [0.2, 0.25) is 5.91 Å². The Balaban J connectivity index is 1.56. The van der Waals surface area contributed by atoms with Crippen LogP contribution < -0.4 is 0 Å². The van der Waals surface area contributed by atoms with Crippen molar-refractivity contribution >= 4 is 49.1 Å². The predicted octanol–water partition coefficient (Wildman–Crippen LogP) is 4.06. The fraction of sp³-hybridized carbons (Fsp3) is 0.667. The van der Waals surface area contributed by atoms with Crippen LogP contribution in [-0.2, 0) is 14.6 Å². The SMILES string of the molecule is Cc1nc(SCC(=O)N(C2CCCCC2)[C@H]2CCS(=O)(=O)C2)c2c(C)c(C)sc2n1. The van der Waals surface area contributed by atoms with Gasteiger partial charge in [-0.15, -0.1) is 11.3 Å². The van der Waals surface area contributed by atoms with Gasteiger partial charge in [0.25, 0.3) is 0 Å². The molecule has 2 fully saturated rings. The van der Waals surface area contributed by atoms with E-state index in [0.717, 1.165) is 40.9 Å². The molecule has 1 atom stereocenters. The molecule has 0 radical (unpaired) electrons. The molecule has 1 aliphatic heterocycles. The number of nitrogens with zero attached hydrogens (tertiary/aromatic N) is 3. The molecule has 30 heavy (non-hydrogen) atoms. The van der Waals surface area contributed by atoms with Crippen molar-refractivity contribution < 1.29 is 13.2 Å². The lowest BCUT2D eigenvalue weighted by atomic mass is 9.93. The highest BCUT2D eigenvalue weighted by molar-refractivity contribution is 8.00. The van der Waals surface area contributed by atoms with Crippen molar-refractivity contribution in [2.45, 2.75) is 76.4 Å². The molecule has 0 aromatic carbocycles. The van der Waals surface area contributed by atoms with E-state index in [9.17, 15) is 13.2 Å². The molecule has 2 aromatic heterocycles. The van der Waals surface area contributed by atoms with Crippen molar-refractivity contribution in [1.29, 1.82) is 0 Å². The normalized spacial score (nSPS) is 21.9. The molecule has 164 valence electrons. The van der Waals surface area contributed by atoms with E-state index in [0.29, 0.717) is 12.2 Å². The average molecular weight is 468 g/mol. The number of carbonyl (C=O) groups excluding carboxylic acids is 1. The van der Waals surface area contributed by atoms with Gasteiger partial charge in [-0.25, -0.2) is 18.4 Å². The standard InChI is InChI=1S/C21H29N3O3S3/c1-13-14(2)29-21-19(13)20(22-15(3)23-21)28-11-18(25)24(16-7-5-4-6-8-16)17-9-10-30(26,27)12-17/h16-17H,4-12H2,1-3H3/t17-/m0/s1. The van der Waals surface area contributed by atoms with Crippen molar-refractivity contribution in [3.63, 3.8) is 0 Å². The molecule has 0 spiro atoms. The fourth-order valence-corrected chi connectivity index (χ4v) is 8.53. The molecular weight excluding hydrogens is 438 g/mol. The number of fused-ring (bicyclic) bond motifs is 1. The number of amides is 1. The number of sulfone groups is 1. The molecule has 1 saturated carbocycles. The van der Waals surface area contributed by atoms with Crippen LogP contribution in [0.3, 0.4) is 0 Å². The van der Waals surface area contributed by atoms with Crippen LogP contribution in [0.15, 0.2) is 5.03 Å². The van der Waals surface area contributed by atoms with Crippen LogP contribution in [0.2, 0.25) is 0 Å². The zero-order chi connectivity index (χ0) is 21.5. The summed E-state index contributed by atoms with van der Waals surface area (Å²) in [5, 5.41) is 1.91. The van der Waals surface area contributed by atoms with Crippen molar-refractivity contribution in [2.75, 3.05) is 17.3 Å². The minimum Gasteiger partial charge on any atom is -0.335 e. The van der Waals surface area contributed by atoms with E-state index in [4.69, 9.17) is 0 Å². The molecule has 3 heterocycles. The molecule has 6 nitrogen and oxygen atoms in total. The van der Waals surface area contributed by atoms with Crippen LogP contribution in [0, 0.1) is 20.8 Å². The number of thiophene rings is 1. The van der Waals surface area contributed by atoms with Gasteiger partial charge in [0.15, 0.2) is 9.84 Å². The highest BCUT2D eigenvalue weighted by Crippen LogP contribution is 2.36. The molecule has 4 rings (SSSR count). The molecule has 2 aliphatic rings. The minimum atomic E-state index is -3.04. The van der Waals surface area contributed by atoms with Crippen LogP contribution in [0.4, 0.5) is 0 Å². The van der Waals surface area contributed by atoms with E-state index in [1.165, 1.54) is 28.6 Å². The minimum absolute atomic E-state index is 0.0445. The van der Waals surface area contributed by atoms with Gasteiger partial charge in [-0.2, -0.15) is 0 Å². The first-order chi connectivity index (χ1) is 14.2. The van der Waals surface area contributed by atoms with Gasteiger partial charge in [-0.05, 0) is 45.6 Å². The molecule has 9 heteroatoms. The van der Waals surface area contributed by atoms with Gasteiger partial charge in [-0.3, -0.25) is 4.79 Å². The Bertz CT molecular complexity index is 1060. The van der Waals surface area contributed by atoms with Gasteiger partial charge < -0.3 is 4.90 Å². The van der Waals surface area contributed by atoms with E-state index in [-0.39, 0.29) is 35.2 Å². The second-order valence-corrected chi connectivity index (χ2v) is 12.9. The van der Waals surface area contributed by atoms with Gasteiger partial charge in [0.1, 0.15) is 15.7 Å². The molecular formula is C21H29N3O3S3. The topological polar surface area (TPSA) is 80.2 Å². The van der Waals surface area contributed by atoms with Crippen molar-refractivity contribution in [3.8, 4) is 0 Å². The molecule has 1 amide bonds. The monoisotopic (exact) mass is 467 g/mol. The fourth-order valence-electron chi connectivity index (χ4n) is 4.68. The van der Waals surface area contributed by atoms with Gasteiger partial charge in [0.05, 0.1) is 17.3 Å². The summed E-state index contributed by atoms with van der Waals surface area (Å²) in [6, 6.07) is -0.00841. The summed E-state index contributed by atoms with van der Waals surface area (Å²) < 4.78 is 24.2. The van der Waals surface area contributed by atoms with Gasteiger partial charge in [-0.1, -0.05) is 31.0 Å². The largest absolute Gasteiger partial charge is 0.335 e. The number of rotatable bonds is 5. The average Bonchev–Trinajstić information content (AvgIpc) is 3.19. The van der Waals surface area contributed by atoms with E-state index >= 15 is 0 Å². The molecule has 0 bridgehead atoms. The van der Waals surface area contributed by atoms with Crippen LogP contribution in [0.25, 0.3) is 10.2 Å². The first-order valence-electron chi connectivity index (χ1n) is 10.6. The zero-order valence-electron chi connectivity index (χ0n) is 17.8. The Morgan fingerprint density at radius 3 is 2.50 bits per heavy atom. The highest BCUT2D eigenvalue weighted by Gasteiger charge is 2.38. The third-order valence-corrected chi connectivity index (χ3v) is 10.1. The zero-order valence-corrected chi connectivity index (χ0v) is 20.3. The Morgan fingerprint density at radius 1 is 1.10 bits per heavy atom. The molecule has 0 N–H and O–H groups in total. The number of thioether (sulfide) groups is 1. The second kappa shape index (κ2) is 8.74. The van der Waals surface area contributed by atoms with Gasteiger partial charge in [0, 0.05) is 22.3 Å². The van der Waals surface area contributed by atoms with E-state index in [2.05, 4.69) is 23.8 Å². The number of carbonyl (C=O) groups is 1. The number of hydrogen-bond donors (Lipinski definition) is 0. The van der Waals surface area contributed by atoms with Crippen molar-refractivity contribution in [2.24, 2.45) is 0 Å². The number of aryl methyl sites for hydroxylation is 3. The van der Waals surface area contributed by atoms with E-state index < -0.39 is 9.84 Å². The summed E-state index contributed by atoms with van der Waals surface area (Å²) in [5.41, 5.74) is 1.18. The summed E-state index contributed by atoms with van der Waals surface area (Å²) in [7, 11) is -3.04. The number of aromatic nitrogens is 2. The Morgan fingerprint density at radius 2 is 1.83 bits per heavy atom. The maximum absolute atomic E-state index is 13.4. The quantitative estimate of drug-likeness (QED) is 0.487. The van der Waals surface area contributed by atoms with E-state index in [1.807, 2.05) is 11.8 Å². The van der Waals surface area contributed by atoms with Crippen molar-refractivity contribution in [1.82, 2.24) is 14.9 Å². The Hall–Kier alpha value is -1.19. The molecule has 1 aliphatic carbocycles. The lowest BCUT2D eigenvalue weighted by Crippen LogP contribution is -2.49. The Kier molecular flexibility index (Phi) is 6.42. The smallest absolute Gasteiger partial charge is 0.233 e. The lowest BCUT2D eigenvalue weighted by Gasteiger charge is -2.38. The third-order valence-electron chi connectivity index (χ3n) is 6.30. The summed E-state index contributed by atoms with van der Waals surface area (Å²) in [4.78, 5) is 26.7. The first kappa shape index (κ1) is 22.0. The molecule has 0 unspecified atom stereocenters. The summed E-state index contributed by atoms with van der Waals surface area (Å²) >= 11 is 3.13. The molecule has 2 aromatic rings. The van der Waals surface area contributed by atoms with Crippen LogP contribution in [0.1, 0.15) is 54.8 Å². The summed E-state index contributed by atoms with van der Waals surface area (Å²) in [6.45, 7) is 6.05. The maximum atomic E-state index is 13.4. The van der Waals surface area contributed by atoms with Crippen LogP contribution in [0.5, 0.6) is 0 Å². The Labute approximate surface area is 186 Å². The third kappa shape index (κ3) is 4.53. The first-order valence-corrected chi connectivity index (χ1v) is 14.3. The van der Waals surface area contributed by atoms with Crippen LogP contribution in [-0.4, -0.2) is 58.5 Å². The van der Waals surface area contributed by atoms with E-state index in [1.54, 1.807) is 11.3 Å². The second-order valence-electron chi connectivity index (χ2n) is 8.48. The highest BCUT2D eigenvalue weighted by atomic mass is 32.2. The summed E-state index contributed by atoms with van der Waals surface area (Å²) in [6.07, 6.45) is 5.94.